The quantitative estimate of drug-likeness (QED) is 0.828. The molecule has 7 nitrogen and oxygen atoms in total. The van der Waals surface area contributed by atoms with Gasteiger partial charge in [-0.2, -0.15) is 0 Å². The minimum atomic E-state index is -0.691. The number of benzene rings is 1. The highest BCUT2D eigenvalue weighted by molar-refractivity contribution is 6.06. The van der Waals surface area contributed by atoms with Gasteiger partial charge in [-0.25, -0.2) is 9.59 Å². The molecule has 0 aromatic heterocycles. The summed E-state index contributed by atoms with van der Waals surface area (Å²) in [5.74, 6) is -1.52. The predicted molar refractivity (Wildman–Crippen MR) is 94.3 cm³/mol. The lowest BCUT2D eigenvalue weighted by Crippen LogP contribution is -2.32. The molecule has 1 N–H and O–H groups in total. The van der Waals surface area contributed by atoms with E-state index in [4.69, 9.17) is 9.47 Å². The number of esters is 2. The molecule has 0 atom stereocenters. The number of anilines is 1. The number of hydrogen-bond acceptors (Lipinski definition) is 6. The van der Waals surface area contributed by atoms with Crippen molar-refractivity contribution in [1.29, 1.82) is 0 Å². The minimum Gasteiger partial charge on any atom is -0.465 e. The Morgan fingerprint density at radius 1 is 1.12 bits per heavy atom. The highest BCUT2D eigenvalue weighted by Crippen LogP contribution is 2.29. The topological polar surface area (TPSA) is 84.9 Å². The summed E-state index contributed by atoms with van der Waals surface area (Å²) in [6, 6.07) is 5.34. The van der Waals surface area contributed by atoms with Gasteiger partial charge in [-0.05, 0) is 36.3 Å². The summed E-state index contributed by atoms with van der Waals surface area (Å²) in [7, 11) is 2.48. The average molecular weight is 354 g/mol. The van der Waals surface area contributed by atoms with Crippen LogP contribution in [0.5, 0.6) is 0 Å². The Bertz CT molecular complexity index is 867. The van der Waals surface area contributed by atoms with Crippen LogP contribution in [0, 0.1) is 0 Å². The summed E-state index contributed by atoms with van der Waals surface area (Å²) in [6.45, 7) is 0.596. The molecule has 0 aliphatic carbocycles. The van der Waals surface area contributed by atoms with E-state index in [1.807, 2.05) is 6.07 Å². The minimum absolute atomic E-state index is 0.0144. The van der Waals surface area contributed by atoms with Crippen LogP contribution in [0.3, 0.4) is 0 Å². The number of nitrogens with zero attached hydrogens (tertiary/aromatic N) is 1. The number of hydrogen-bond donors (Lipinski definition) is 1. The number of methoxy groups -OCH3 is 2. The smallest absolute Gasteiger partial charge is 0.355 e. The molecule has 2 aliphatic rings. The highest BCUT2D eigenvalue weighted by atomic mass is 16.5. The fourth-order valence-corrected chi connectivity index (χ4v) is 2.92. The largest absolute Gasteiger partial charge is 0.465 e. The van der Waals surface area contributed by atoms with Crippen LogP contribution in [0.25, 0.3) is 0 Å². The first-order valence-electron chi connectivity index (χ1n) is 8.03. The van der Waals surface area contributed by atoms with E-state index in [1.165, 1.54) is 25.2 Å². The molecular formula is C19H18N2O5. The average Bonchev–Trinajstić information content (AvgIpc) is 2.90. The lowest BCUT2D eigenvalue weighted by molar-refractivity contribution is -0.139. The van der Waals surface area contributed by atoms with Crippen molar-refractivity contribution >= 4 is 23.5 Å². The Labute approximate surface area is 150 Å². The van der Waals surface area contributed by atoms with E-state index in [1.54, 1.807) is 30.5 Å². The predicted octanol–water partition coefficient (Wildman–Crippen LogP) is 1.46. The first kappa shape index (κ1) is 17.5. The van der Waals surface area contributed by atoms with Gasteiger partial charge < -0.3 is 19.7 Å². The number of nitrogens with one attached hydrogen (secondary N) is 1. The van der Waals surface area contributed by atoms with Crippen molar-refractivity contribution in [3.8, 4) is 0 Å². The zero-order valence-corrected chi connectivity index (χ0v) is 14.4. The Kier molecular flexibility index (Phi) is 4.88. The van der Waals surface area contributed by atoms with Crippen molar-refractivity contribution in [2.75, 3.05) is 25.7 Å². The van der Waals surface area contributed by atoms with Crippen molar-refractivity contribution in [1.82, 2.24) is 5.32 Å². The monoisotopic (exact) mass is 354 g/mol. The van der Waals surface area contributed by atoms with Gasteiger partial charge in [0.25, 0.3) is 5.91 Å². The van der Waals surface area contributed by atoms with Gasteiger partial charge in [-0.3, -0.25) is 4.79 Å². The number of carbonyl (C=O) groups is 3. The second-order valence-electron chi connectivity index (χ2n) is 5.66. The molecule has 0 saturated heterocycles. The molecule has 26 heavy (non-hydrogen) atoms. The van der Waals surface area contributed by atoms with Crippen molar-refractivity contribution in [2.24, 2.45) is 0 Å². The number of allylic oxidation sites excluding steroid dienone is 2. The van der Waals surface area contributed by atoms with Crippen molar-refractivity contribution in [2.45, 2.75) is 6.42 Å². The van der Waals surface area contributed by atoms with Gasteiger partial charge >= 0.3 is 11.9 Å². The summed E-state index contributed by atoms with van der Waals surface area (Å²) in [5.41, 5.74) is 2.11. The van der Waals surface area contributed by atoms with Gasteiger partial charge in [0.05, 0.1) is 19.8 Å². The molecule has 2 heterocycles. The van der Waals surface area contributed by atoms with Crippen molar-refractivity contribution in [3.05, 3.63) is 65.0 Å². The summed E-state index contributed by atoms with van der Waals surface area (Å²) < 4.78 is 9.65. The Balaban J connectivity index is 2.15. The second-order valence-corrected chi connectivity index (χ2v) is 5.66. The maximum atomic E-state index is 12.4. The molecule has 2 aliphatic heterocycles. The van der Waals surface area contributed by atoms with Gasteiger partial charge in [0.2, 0.25) is 0 Å². The number of carbonyl (C=O) groups excluding carboxylic acids is 3. The van der Waals surface area contributed by atoms with Crippen LogP contribution in [-0.4, -0.2) is 38.6 Å². The summed E-state index contributed by atoms with van der Waals surface area (Å²) in [4.78, 5) is 38.2. The van der Waals surface area contributed by atoms with E-state index < -0.39 is 11.9 Å². The SMILES string of the molecule is COC(=O)C1=C(C(=O)OC)N(c2ccc3c(c2)C(=O)NCC3)C=CC=C1. The van der Waals surface area contributed by atoms with Crippen molar-refractivity contribution in [3.63, 3.8) is 0 Å². The lowest BCUT2D eigenvalue weighted by atomic mass is 9.99. The standard InChI is InChI=1S/C19H18N2O5/c1-25-18(23)14-5-3-4-10-21(16(14)19(24)26-2)13-7-6-12-8-9-20-17(22)15(12)11-13/h3-7,10-11H,8-9H2,1-2H3,(H,20,22). The molecule has 3 rings (SSSR count). The van der Waals surface area contributed by atoms with Gasteiger partial charge in [0, 0.05) is 24.0 Å². The molecule has 0 radical (unpaired) electrons. The molecule has 1 aromatic rings. The molecule has 0 saturated carbocycles. The maximum absolute atomic E-state index is 12.4. The number of amides is 1. The Morgan fingerprint density at radius 2 is 1.88 bits per heavy atom. The Hall–Kier alpha value is -3.35. The molecule has 0 bridgehead atoms. The third kappa shape index (κ3) is 3.11. The van der Waals surface area contributed by atoms with Crippen LogP contribution in [0.2, 0.25) is 0 Å². The van der Waals surface area contributed by atoms with E-state index in [-0.39, 0.29) is 17.2 Å². The number of fused-ring (bicyclic) bond motifs is 1. The zero-order valence-electron chi connectivity index (χ0n) is 14.4. The molecule has 1 amide bonds. The fraction of sp³-hybridized carbons (Fsp3) is 0.211. The van der Waals surface area contributed by atoms with E-state index in [0.29, 0.717) is 17.8 Å². The third-order valence-corrected chi connectivity index (χ3v) is 4.19. The molecule has 0 spiro atoms. The van der Waals surface area contributed by atoms with Gasteiger partial charge in [0.15, 0.2) is 0 Å². The summed E-state index contributed by atoms with van der Waals surface area (Å²) in [6.07, 6.45) is 7.16. The summed E-state index contributed by atoms with van der Waals surface area (Å²) in [5, 5.41) is 2.80. The maximum Gasteiger partial charge on any atom is 0.355 e. The second kappa shape index (κ2) is 7.26. The van der Waals surface area contributed by atoms with Crippen LogP contribution in [0.15, 0.2) is 53.9 Å². The lowest BCUT2D eigenvalue weighted by Gasteiger charge is -2.25. The molecule has 134 valence electrons. The van der Waals surface area contributed by atoms with Crippen LogP contribution < -0.4 is 10.2 Å². The molecular weight excluding hydrogens is 336 g/mol. The van der Waals surface area contributed by atoms with Crippen molar-refractivity contribution < 1.29 is 23.9 Å². The van der Waals surface area contributed by atoms with E-state index in [2.05, 4.69) is 5.32 Å². The first-order chi connectivity index (χ1) is 12.6. The highest BCUT2D eigenvalue weighted by Gasteiger charge is 2.28. The van der Waals surface area contributed by atoms with Gasteiger partial charge in [0.1, 0.15) is 5.70 Å². The van der Waals surface area contributed by atoms with Gasteiger partial charge in [-0.1, -0.05) is 12.1 Å². The molecule has 0 unspecified atom stereocenters. The molecule has 7 heteroatoms. The first-order valence-corrected chi connectivity index (χ1v) is 8.03. The van der Waals surface area contributed by atoms with Gasteiger partial charge in [-0.15, -0.1) is 0 Å². The van der Waals surface area contributed by atoms with Crippen LogP contribution >= 0.6 is 0 Å². The Morgan fingerprint density at radius 3 is 2.62 bits per heavy atom. The summed E-state index contributed by atoms with van der Waals surface area (Å²) >= 11 is 0. The number of ether oxygens (including phenoxy) is 2. The number of rotatable bonds is 3. The van der Waals surface area contributed by atoms with Crippen LogP contribution in [0.4, 0.5) is 5.69 Å². The van der Waals surface area contributed by atoms with E-state index >= 15 is 0 Å². The fourth-order valence-electron chi connectivity index (χ4n) is 2.92. The molecule has 0 fully saturated rings. The van der Waals surface area contributed by atoms with E-state index in [9.17, 15) is 14.4 Å². The normalized spacial score (nSPS) is 15.9. The molecule has 1 aromatic carbocycles. The van der Waals surface area contributed by atoms with Crippen LogP contribution in [0.1, 0.15) is 15.9 Å². The van der Waals surface area contributed by atoms with E-state index in [0.717, 1.165) is 12.0 Å². The third-order valence-electron chi connectivity index (χ3n) is 4.19. The van der Waals surface area contributed by atoms with Crippen LogP contribution in [-0.2, 0) is 25.5 Å². The zero-order chi connectivity index (χ0) is 18.7.